The van der Waals surface area contributed by atoms with Crippen LogP contribution in [0.5, 0.6) is 0 Å². The number of carbonyl (C=O) groups is 1. The van der Waals surface area contributed by atoms with Gasteiger partial charge < -0.3 is 5.11 Å². The van der Waals surface area contributed by atoms with Crippen LogP contribution in [-0.2, 0) is 20.0 Å². The summed E-state index contributed by atoms with van der Waals surface area (Å²) >= 11 is 0. The average Bonchev–Trinajstić information content (AvgIpc) is 2.58. The third kappa shape index (κ3) is 5.64. The van der Waals surface area contributed by atoms with Crippen LogP contribution >= 0.6 is 0 Å². The van der Waals surface area contributed by atoms with Crippen molar-refractivity contribution >= 4 is 26.0 Å². The molecule has 2 rings (SSSR count). The molecule has 0 bridgehead atoms. The molecule has 0 aliphatic rings. The van der Waals surface area contributed by atoms with Crippen LogP contribution in [0.15, 0.2) is 58.3 Å². The second-order valence-corrected chi connectivity index (χ2v) is 9.50. The molecule has 0 saturated carbocycles. The van der Waals surface area contributed by atoms with Crippen molar-refractivity contribution in [2.24, 2.45) is 5.14 Å². The Morgan fingerprint density at radius 1 is 1.04 bits per heavy atom. The van der Waals surface area contributed by atoms with Gasteiger partial charge >= 0.3 is 0 Å². The minimum Gasteiger partial charge on any atom is -0.378 e. The number of carbonyl (C=O) groups excluding carboxylic acids is 1. The lowest BCUT2D eigenvalue weighted by Crippen LogP contribution is -2.32. The summed E-state index contributed by atoms with van der Waals surface area (Å²) in [6.45, 7) is 2.98. The van der Waals surface area contributed by atoms with Gasteiger partial charge in [-0.05, 0) is 44.2 Å². The number of benzene rings is 2. The lowest BCUT2D eigenvalue weighted by Gasteiger charge is -2.10. The molecule has 1 amide bonds. The fraction of sp³-hybridized carbons (Fsp3) is 0.167. The SMILES string of the molecule is CC(C)(O)C#Cc1cccc(C(=O)NS(=O)(=O)c2ccccc2S(N)(=O)=O)c1. The monoisotopic (exact) mass is 422 g/mol. The van der Waals surface area contributed by atoms with Gasteiger partial charge in [-0.3, -0.25) is 4.79 Å². The van der Waals surface area contributed by atoms with E-state index in [4.69, 9.17) is 5.14 Å². The molecule has 0 aliphatic heterocycles. The lowest BCUT2D eigenvalue weighted by atomic mass is 10.1. The Bertz CT molecular complexity index is 1180. The number of hydrogen-bond acceptors (Lipinski definition) is 6. The fourth-order valence-electron chi connectivity index (χ4n) is 2.11. The van der Waals surface area contributed by atoms with E-state index in [0.717, 1.165) is 12.1 Å². The first-order valence-corrected chi connectivity index (χ1v) is 10.9. The molecule has 8 nitrogen and oxygen atoms in total. The van der Waals surface area contributed by atoms with E-state index in [2.05, 4.69) is 11.8 Å². The fourth-order valence-corrected chi connectivity index (χ4v) is 4.46. The van der Waals surface area contributed by atoms with E-state index in [1.165, 1.54) is 44.2 Å². The number of aliphatic hydroxyl groups is 1. The van der Waals surface area contributed by atoms with Crippen molar-refractivity contribution in [2.75, 3.05) is 0 Å². The van der Waals surface area contributed by atoms with Gasteiger partial charge in [0.05, 0.1) is 0 Å². The predicted molar refractivity (Wildman–Crippen MR) is 102 cm³/mol. The van der Waals surface area contributed by atoms with Crippen molar-refractivity contribution in [3.05, 3.63) is 59.7 Å². The van der Waals surface area contributed by atoms with Gasteiger partial charge in [-0.15, -0.1) is 0 Å². The number of primary sulfonamides is 1. The van der Waals surface area contributed by atoms with Gasteiger partial charge in [-0.1, -0.05) is 30.0 Å². The first-order valence-electron chi connectivity index (χ1n) is 7.84. The summed E-state index contributed by atoms with van der Waals surface area (Å²) in [6.07, 6.45) is 0. The Labute approximate surface area is 163 Å². The third-order valence-corrected chi connectivity index (χ3v) is 5.80. The normalized spacial score (nSPS) is 12.0. The molecule has 0 aromatic heterocycles. The molecule has 0 aliphatic carbocycles. The molecule has 0 saturated heterocycles. The Kier molecular flexibility index (Phi) is 5.96. The smallest absolute Gasteiger partial charge is 0.265 e. The molecule has 2 aromatic carbocycles. The minimum absolute atomic E-state index is 0.0146. The van der Waals surface area contributed by atoms with Gasteiger partial charge in [0.25, 0.3) is 15.9 Å². The summed E-state index contributed by atoms with van der Waals surface area (Å²) in [5.74, 6) is 4.28. The topological polar surface area (TPSA) is 144 Å². The standard InChI is InChI=1S/C18H18N2O6S2/c1-18(2,22)11-10-13-6-5-7-14(12-13)17(21)20-28(25,26)16-9-4-3-8-15(16)27(19,23)24/h3-9,12,22H,1-2H3,(H,20,21)(H2,19,23,24). The Morgan fingerprint density at radius 2 is 1.64 bits per heavy atom. The number of hydrogen-bond donors (Lipinski definition) is 3. The van der Waals surface area contributed by atoms with Crippen molar-refractivity contribution in [2.45, 2.75) is 29.2 Å². The number of nitrogens with two attached hydrogens (primary N) is 1. The molecule has 4 N–H and O–H groups in total. The van der Waals surface area contributed by atoms with Crippen LogP contribution < -0.4 is 9.86 Å². The van der Waals surface area contributed by atoms with Gasteiger partial charge in [0.1, 0.15) is 15.4 Å². The first-order chi connectivity index (χ1) is 12.8. The van der Waals surface area contributed by atoms with E-state index in [1.54, 1.807) is 6.07 Å². The highest BCUT2D eigenvalue weighted by molar-refractivity contribution is 7.92. The van der Waals surface area contributed by atoms with Crippen molar-refractivity contribution < 1.29 is 26.7 Å². The molecule has 0 spiro atoms. The molecule has 28 heavy (non-hydrogen) atoms. The average molecular weight is 422 g/mol. The zero-order valence-corrected chi connectivity index (χ0v) is 16.6. The molecule has 0 radical (unpaired) electrons. The van der Waals surface area contributed by atoms with Crippen LogP contribution in [0.3, 0.4) is 0 Å². The lowest BCUT2D eigenvalue weighted by molar-refractivity contribution is 0.0981. The molecule has 2 aromatic rings. The molecule has 0 atom stereocenters. The Morgan fingerprint density at radius 3 is 2.21 bits per heavy atom. The predicted octanol–water partition coefficient (Wildman–Crippen LogP) is 0.575. The Hall–Kier alpha value is -2.71. The quantitative estimate of drug-likeness (QED) is 0.615. The minimum atomic E-state index is -4.50. The maximum absolute atomic E-state index is 12.5. The molecule has 0 heterocycles. The summed E-state index contributed by atoms with van der Waals surface area (Å²) < 4.78 is 50.1. The summed E-state index contributed by atoms with van der Waals surface area (Å²) in [5, 5.41) is 14.7. The largest absolute Gasteiger partial charge is 0.378 e. The summed E-state index contributed by atoms with van der Waals surface area (Å²) in [4.78, 5) is 11.1. The molecular formula is C18H18N2O6S2. The Balaban J connectivity index is 2.37. The van der Waals surface area contributed by atoms with Crippen molar-refractivity contribution in [1.82, 2.24) is 4.72 Å². The van der Waals surface area contributed by atoms with E-state index >= 15 is 0 Å². The molecule has 10 heteroatoms. The molecule has 0 unspecified atom stereocenters. The number of sulfonamides is 2. The second kappa shape index (κ2) is 7.73. The van der Waals surface area contributed by atoms with Gasteiger partial charge in [0, 0.05) is 11.1 Å². The highest BCUT2D eigenvalue weighted by Gasteiger charge is 2.26. The van der Waals surface area contributed by atoms with Crippen molar-refractivity contribution in [3.8, 4) is 11.8 Å². The molecular weight excluding hydrogens is 404 g/mol. The van der Waals surface area contributed by atoms with E-state index in [1.807, 2.05) is 4.72 Å². The number of nitrogens with one attached hydrogen (secondary N) is 1. The maximum atomic E-state index is 12.5. The van der Waals surface area contributed by atoms with Crippen LogP contribution in [0, 0.1) is 11.8 Å². The van der Waals surface area contributed by atoms with Crippen LogP contribution in [-0.4, -0.2) is 33.5 Å². The summed E-state index contributed by atoms with van der Waals surface area (Å²) in [7, 11) is -8.82. The highest BCUT2D eigenvalue weighted by atomic mass is 32.2. The maximum Gasteiger partial charge on any atom is 0.265 e. The van der Waals surface area contributed by atoms with Crippen molar-refractivity contribution in [3.63, 3.8) is 0 Å². The van der Waals surface area contributed by atoms with Gasteiger partial charge in [-0.25, -0.2) is 26.7 Å². The summed E-state index contributed by atoms with van der Waals surface area (Å²) in [6, 6.07) is 10.5. The van der Waals surface area contributed by atoms with Gasteiger partial charge in [0.15, 0.2) is 0 Å². The first kappa shape index (κ1) is 21.6. The van der Waals surface area contributed by atoms with E-state index in [9.17, 15) is 26.7 Å². The third-order valence-electron chi connectivity index (χ3n) is 3.31. The van der Waals surface area contributed by atoms with E-state index in [-0.39, 0.29) is 5.56 Å². The van der Waals surface area contributed by atoms with Gasteiger partial charge in [0.2, 0.25) is 10.0 Å². The van der Waals surface area contributed by atoms with Crippen molar-refractivity contribution in [1.29, 1.82) is 0 Å². The van der Waals surface area contributed by atoms with E-state index in [0.29, 0.717) is 5.56 Å². The van der Waals surface area contributed by atoms with Gasteiger partial charge in [-0.2, -0.15) is 0 Å². The zero-order chi connectivity index (χ0) is 21.2. The highest BCUT2D eigenvalue weighted by Crippen LogP contribution is 2.19. The zero-order valence-electron chi connectivity index (χ0n) is 15.0. The molecule has 148 valence electrons. The summed E-state index contributed by atoms with van der Waals surface area (Å²) in [5.41, 5.74) is -0.865. The number of rotatable bonds is 4. The van der Waals surface area contributed by atoms with E-state index < -0.39 is 41.3 Å². The van der Waals surface area contributed by atoms with Crippen LogP contribution in [0.1, 0.15) is 29.8 Å². The van der Waals surface area contributed by atoms with Crippen LogP contribution in [0.2, 0.25) is 0 Å². The molecule has 0 fully saturated rings. The van der Waals surface area contributed by atoms with Crippen LogP contribution in [0.25, 0.3) is 0 Å². The number of amides is 1. The van der Waals surface area contributed by atoms with Crippen LogP contribution in [0.4, 0.5) is 0 Å². The second-order valence-electron chi connectivity index (χ2n) is 6.32.